The molecule has 1 aromatic heterocycles. The average molecular weight is 482 g/mol. The van der Waals surface area contributed by atoms with Gasteiger partial charge < -0.3 is 9.47 Å². The summed E-state index contributed by atoms with van der Waals surface area (Å²) in [6.07, 6.45) is 0.853. The molecule has 2 atom stereocenters. The maximum Gasteiger partial charge on any atom is 0.258 e. The molecule has 0 amide bonds. The van der Waals surface area contributed by atoms with Crippen molar-refractivity contribution >= 4 is 10.0 Å². The van der Waals surface area contributed by atoms with E-state index in [0.717, 1.165) is 29.8 Å². The van der Waals surface area contributed by atoms with Crippen molar-refractivity contribution in [2.75, 3.05) is 27.2 Å². The van der Waals surface area contributed by atoms with Gasteiger partial charge in [0, 0.05) is 43.4 Å². The van der Waals surface area contributed by atoms with Crippen LogP contribution >= 0.6 is 0 Å². The second-order valence-corrected chi connectivity index (χ2v) is 11.5. The molecule has 6 nitrogen and oxygen atoms in total. The van der Waals surface area contributed by atoms with E-state index >= 15 is 0 Å². The number of aromatic nitrogens is 1. The van der Waals surface area contributed by atoms with Gasteiger partial charge in [-0.05, 0) is 74.0 Å². The van der Waals surface area contributed by atoms with Crippen molar-refractivity contribution in [2.45, 2.75) is 30.3 Å². The van der Waals surface area contributed by atoms with Crippen molar-refractivity contribution in [1.29, 1.82) is 0 Å². The highest BCUT2D eigenvalue weighted by molar-refractivity contribution is 7.89. The van der Waals surface area contributed by atoms with Crippen molar-refractivity contribution in [3.63, 3.8) is 0 Å². The van der Waals surface area contributed by atoms with E-state index in [0.29, 0.717) is 25.2 Å². The summed E-state index contributed by atoms with van der Waals surface area (Å²) in [5, 5.41) is 0. The lowest BCUT2D eigenvalue weighted by molar-refractivity contribution is 0.186. The van der Waals surface area contributed by atoms with Gasteiger partial charge in [0.2, 0.25) is 10.0 Å². The van der Waals surface area contributed by atoms with Gasteiger partial charge in [-0.2, -0.15) is 4.31 Å². The Morgan fingerprint density at radius 1 is 0.941 bits per heavy atom. The zero-order valence-corrected chi connectivity index (χ0v) is 20.1. The summed E-state index contributed by atoms with van der Waals surface area (Å²) in [6.45, 7) is 1.89. The van der Waals surface area contributed by atoms with E-state index in [1.165, 1.54) is 28.6 Å². The second kappa shape index (κ2) is 8.76. The molecule has 1 saturated heterocycles. The minimum atomic E-state index is -3.73. The van der Waals surface area contributed by atoms with Crippen LogP contribution in [0.1, 0.15) is 23.6 Å². The van der Waals surface area contributed by atoms with E-state index in [1.54, 1.807) is 0 Å². The normalized spacial score (nSPS) is 20.4. The topological polar surface area (TPSA) is 62.6 Å². The van der Waals surface area contributed by atoms with Gasteiger partial charge in [-0.3, -0.25) is 4.79 Å². The molecule has 0 aliphatic carbocycles. The van der Waals surface area contributed by atoms with Gasteiger partial charge in [0.25, 0.3) is 5.56 Å². The molecule has 2 unspecified atom stereocenters. The molecule has 0 spiro atoms. The molecule has 178 valence electrons. The van der Waals surface area contributed by atoms with E-state index in [-0.39, 0.29) is 22.3 Å². The standard InChI is InChI=1S/C26H28FN3O3S/c1-28(2)16-19-5-3-4-6-23(19)24-11-12-25-20-13-18(15-30(25)26(24)31)14-29(17-20)34(32,33)22-9-7-21(27)8-10-22/h3-12,18,20H,13-17H2,1-2H3. The largest absolute Gasteiger partial charge is 0.311 e. The Bertz CT molecular complexity index is 1380. The highest BCUT2D eigenvalue weighted by Gasteiger charge is 2.39. The van der Waals surface area contributed by atoms with Crippen LogP contribution in [-0.4, -0.2) is 49.4 Å². The van der Waals surface area contributed by atoms with Crippen LogP contribution in [0.2, 0.25) is 0 Å². The number of hydrogen-bond acceptors (Lipinski definition) is 4. The molecule has 0 radical (unpaired) electrons. The minimum Gasteiger partial charge on any atom is -0.311 e. The molecule has 5 rings (SSSR count). The predicted molar refractivity (Wildman–Crippen MR) is 130 cm³/mol. The Morgan fingerprint density at radius 2 is 1.68 bits per heavy atom. The first-order valence-electron chi connectivity index (χ1n) is 11.5. The summed E-state index contributed by atoms with van der Waals surface area (Å²) in [7, 11) is 0.280. The average Bonchev–Trinajstić information content (AvgIpc) is 2.80. The highest BCUT2D eigenvalue weighted by Crippen LogP contribution is 2.38. The van der Waals surface area contributed by atoms with Crippen LogP contribution in [0.3, 0.4) is 0 Å². The van der Waals surface area contributed by atoms with Crippen LogP contribution in [0, 0.1) is 11.7 Å². The summed E-state index contributed by atoms with van der Waals surface area (Å²) in [4.78, 5) is 15.8. The maximum atomic E-state index is 13.6. The van der Waals surface area contributed by atoms with Gasteiger partial charge in [0.15, 0.2) is 0 Å². The molecule has 1 fully saturated rings. The minimum absolute atomic E-state index is 0.0201. The Labute approximate surface area is 199 Å². The zero-order chi connectivity index (χ0) is 24.0. The fraction of sp³-hybridized carbons (Fsp3) is 0.346. The zero-order valence-electron chi connectivity index (χ0n) is 19.3. The number of piperidine rings is 1. The number of rotatable bonds is 5. The Kier molecular flexibility index (Phi) is 5.91. The quantitative estimate of drug-likeness (QED) is 0.560. The number of sulfonamides is 1. The van der Waals surface area contributed by atoms with Crippen LogP contribution < -0.4 is 5.56 Å². The summed E-state index contributed by atoms with van der Waals surface area (Å²) in [6, 6.07) is 16.8. The predicted octanol–water partition coefficient (Wildman–Crippen LogP) is 3.52. The molecule has 3 aromatic rings. The van der Waals surface area contributed by atoms with Crippen molar-refractivity contribution in [3.05, 3.63) is 88.1 Å². The molecule has 2 aliphatic heterocycles. The van der Waals surface area contributed by atoms with Crippen LogP contribution in [0.4, 0.5) is 4.39 Å². The van der Waals surface area contributed by atoms with Gasteiger partial charge in [-0.15, -0.1) is 0 Å². The van der Waals surface area contributed by atoms with Crippen LogP contribution in [-0.2, 0) is 23.1 Å². The lowest BCUT2D eigenvalue weighted by atomic mass is 9.83. The fourth-order valence-electron chi connectivity index (χ4n) is 5.32. The Hall–Kier alpha value is -2.81. The molecule has 3 heterocycles. The molecular formula is C26H28FN3O3S. The number of nitrogens with zero attached hydrogens (tertiary/aromatic N) is 3. The summed E-state index contributed by atoms with van der Waals surface area (Å²) >= 11 is 0. The SMILES string of the molecule is CN(C)Cc1ccccc1-c1ccc2n(c1=O)CC1CC2CN(S(=O)(=O)c2ccc(F)cc2)C1. The van der Waals surface area contributed by atoms with Crippen LogP contribution in [0.15, 0.2) is 70.4 Å². The first-order chi connectivity index (χ1) is 16.2. The van der Waals surface area contributed by atoms with E-state index in [1.807, 2.05) is 55.1 Å². The first-order valence-corrected chi connectivity index (χ1v) is 12.9. The molecule has 2 aromatic carbocycles. The summed E-state index contributed by atoms with van der Waals surface area (Å²) < 4.78 is 43.1. The number of fused-ring (bicyclic) bond motifs is 4. The first kappa shape index (κ1) is 23.0. The molecule has 0 N–H and O–H groups in total. The third-order valence-electron chi connectivity index (χ3n) is 6.82. The fourth-order valence-corrected chi connectivity index (χ4v) is 6.88. The third-order valence-corrected chi connectivity index (χ3v) is 8.66. The summed E-state index contributed by atoms with van der Waals surface area (Å²) in [5.41, 5.74) is 3.57. The second-order valence-electron chi connectivity index (χ2n) is 9.56. The van der Waals surface area contributed by atoms with Gasteiger partial charge in [0.05, 0.1) is 4.90 Å². The smallest absolute Gasteiger partial charge is 0.258 e. The maximum absolute atomic E-state index is 13.6. The van der Waals surface area contributed by atoms with Gasteiger partial charge in [-0.25, -0.2) is 12.8 Å². The molecule has 0 saturated carbocycles. The Morgan fingerprint density at radius 3 is 2.41 bits per heavy atom. The van der Waals surface area contributed by atoms with E-state index in [9.17, 15) is 17.6 Å². The number of benzene rings is 2. The number of halogens is 1. The van der Waals surface area contributed by atoms with E-state index < -0.39 is 15.8 Å². The third kappa shape index (κ3) is 4.10. The number of hydrogen-bond donors (Lipinski definition) is 0. The monoisotopic (exact) mass is 481 g/mol. The lowest BCUT2D eigenvalue weighted by Crippen LogP contribution is -2.49. The molecule has 2 bridgehead atoms. The highest BCUT2D eigenvalue weighted by atomic mass is 32.2. The van der Waals surface area contributed by atoms with Gasteiger partial charge in [0.1, 0.15) is 5.82 Å². The Balaban J connectivity index is 1.49. The van der Waals surface area contributed by atoms with Crippen molar-refractivity contribution in [2.24, 2.45) is 5.92 Å². The molecule has 34 heavy (non-hydrogen) atoms. The molecule has 8 heteroatoms. The lowest BCUT2D eigenvalue weighted by Gasteiger charge is -2.42. The van der Waals surface area contributed by atoms with Gasteiger partial charge >= 0.3 is 0 Å². The van der Waals surface area contributed by atoms with Crippen LogP contribution in [0.5, 0.6) is 0 Å². The van der Waals surface area contributed by atoms with Crippen LogP contribution in [0.25, 0.3) is 11.1 Å². The molecule has 2 aliphatic rings. The van der Waals surface area contributed by atoms with Gasteiger partial charge in [-0.1, -0.05) is 24.3 Å². The summed E-state index contributed by atoms with van der Waals surface area (Å²) in [5.74, 6) is -0.473. The van der Waals surface area contributed by atoms with E-state index in [4.69, 9.17) is 0 Å². The van der Waals surface area contributed by atoms with Crippen molar-refractivity contribution in [1.82, 2.24) is 13.8 Å². The van der Waals surface area contributed by atoms with Crippen molar-refractivity contribution < 1.29 is 12.8 Å². The molecular weight excluding hydrogens is 453 g/mol. The van der Waals surface area contributed by atoms with Crippen molar-refractivity contribution in [3.8, 4) is 11.1 Å². The van der Waals surface area contributed by atoms with E-state index in [2.05, 4.69) is 4.90 Å². The number of pyridine rings is 1.